The molecule has 0 spiro atoms. The predicted molar refractivity (Wildman–Crippen MR) is 68.1 cm³/mol. The second kappa shape index (κ2) is 6.13. The first-order chi connectivity index (χ1) is 7.17. The van der Waals surface area contributed by atoms with E-state index in [0.29, 0.717) is 5.92 Å². The van der Waals surface area contributed by atoms with Crippen LogP contribution in [0.15, 0.2) is 28.7 Å². The van der Waals surface area contributed by atoms with Gasteiger partial charge in [-0.2, -0.15) is 0 Å². The van der Waals surface area contributed by atoms with Crippen molar-refractivity contribution in [2.24, 2.45) is 5.92 Å². The van der Waals surface area contributed by atoms with Crippen LogP contribution in [-0.2, 0) is 0 Å². The number of benzene rings is 1. The average Bonchev–Trinajstić information content (AvgIpc) is 2.27. The van der Waals surface area contributed by atoms with Gasteiger partial charge in [0.2, 0.25) is 0 Å². The lowest BCUT2D eigenvalue weighted by atomic mass is 10.00. The first-order valence-corrected chi connectivity index (χ1v) is 6.09. The van der Waals surface area contributed by atoms with E-state index in [1.165, 1.54) is 0 Å². The van der Waals surface area contributed by atoms with Crippen LogP contribution in [0.1, 0.15) is 20.3 Å². The van der Waals surface area contributed by atoms with Crippen LogP contribution >= 0.6 is 15.9 Å². The van der Waals surface area contributed by atoms with Crippen LogP contribution in [0.25, 0.3) is 0 Å². The predicted octanol–water partition coefficient (Wildman–Crippen LogP) is 3.27. The quantitative estimate of drug-likeness (QED) is 0.862. The molecule has 0 amide bonds. The molecule has 15 heavy (non-hydrogen) atoms. The van der Waals surface area contributed by atoms with E-state index in [0.717, 1.165) is 16.6 Å². The smallest absolute Gasteiger partial charge is 0.0635 e. The Balaban J connectivity index is 2.62. The molecule has 1 rings (SSSR count). The number of hydrogen-bond donors (Lipinski definition) is 2. The maximum Gasteiger partial charge on any atom is 0.0635 e. The van der Waals surface area contributed by atoms with Crippen LogP contribution in [0.5, 0.6) is 0 Å². The van der Waals surface area contributed by atoms with Gasteiger partial charge >= 0.3 is 0 Å². The molecule has 0 aliphatic heterocycles. The monoisotopic (exact) mass is 271 g/mol. The number of nitrogens with one attached hydrogen (secondary N) is 1. The van der Waals surface area contributed by atoms with Gasteiger partial charge in [0.05, 0.1) is 12.6 Å². The summed E-state index contributed by atoms with van der Waals surface area (Å²) in [4.78, 5) is 0. The molecule has 84 valence electrons. The number of anilines is 1. The average molecular weight is 272 g/mol. The van der Waals surface area contributed by atoms with Crippen molar-refractivity contribution in [2.75, 3.05) is 11.9 Å². The Kier molecular flexibility index (Phi) is 5.12. The van der Waals surface area contributed by atoms with Crippen molar-refractivity contribution in [1.82, 2.24) is 0 Å². The molecule has 1 aromatic carbocycles. The summed E-state index contributed by atoms with van der Waals surface area (Å²) in [6.45, 7) is 4.45. The third kappa shape index (κ3) is 3.84. The highest BCUT2D eigenvalue weighted by molar-refractivity contribution is 9.10. The molecule has 0 saturated heterocycles. The zero-order chi connectivity index (χ0) is 11.3. The fourth-order valence-electron chi connectivity index (χ4n) is 1.41. The molecule has 0 bridgehead atoms. The van der Waals surface area contributed by atoms with Crippen LogP contribution in [-0.4, -0.2) is 17.8 Å². The topological polar surface area (TPSA) is 32.3 Å². The number of rotatable bonds is 5. The van der Waals surface area contributed by atoms with Crippen LogP contribution in [0.4, 0.5) is 5.69 Å². The highest BCUT2D eigenvalue weighted by atomic mass is 79.9. The fraction of sp³-hybridized carbons (Fsp3) is 0.500. The molecule has 1 aromatic rings. The van der Waals surface area contributed by atoms with Crippen molar-refractivity contribution < 1.29 is 5.11 Å². The largest absolute Gasteiger partial charge is 0.394 e. The molecule has 0 heterocycles. The van der Waals surface area contributed by atoms with Crippen molar-refractivity contribution in [3.05, 3.63) is 28.7 Å². The van der Waals surface area contributed by atoms with E-state index in [4.69, 9.17) is 0 Å². The van der Waals surface area contributed by atoms with Gasteiger partial charge in [-0.05, 0) is 30.2 Å². The van der Waals surface area contributed by atoms with E-state index in [1.54, 1.807) is 0 Å². The summed E-state index contributed by atoms with van der Waals surface area (Å²) in [6, 6.07) is 8.14. The number of hydrogen-bond acceptors (Lipinski definition) is 2. The van der Waals surface area contributed by atoms with Gasteiger partial charge in [0.15, 0.2) is 0 Å². The van der Waals surface area contributed by atoms with E-state index in [-0.39, 0.29) is 12.6 Å². The minimum Gasteiger partial charge on any atom is -0.394 e. The fourth-order valence-corrected chi connectivity index (χ4v) is 1.68. The Morgan fingerprint density at radius 1 is 1.33 bits per heavy atom. The molecule has 2 nitrogen and oxygen atoms in total. The standard InChI is InChI=1S/C12H18BrNO/c1-3-9(2)12(8-15)14-11-6-4-10(13)5-7-11/h4-7,9,12,14-15H,3,8H2,1-2H3. The van der Waals surface area contributed by atoms with Gasteiger partial charge in [-0.1, -0.05) is 36.2 Å². The van der Waals surface area contributed by atoms with E-state index >= 15 is 0 Å². The molecule has 0 aromatic heterocycles. The van der Waals surface area contributed by atoms with Gasteiger partial charge in [0.1, 0.15) is 0 Å². The zero-order valence-electron chi connectivity index (χ0n) is 9.20. The van der Waals surface area contributed by atoms with Crippen LogP contribution in [0, 0.1) is 5.92 Å². The highest BCUT2D eigenvalue weighted by Crippen LogP contribution is 2.17. The van der Waals surface area contributed by atoms with Crippen molar-refractivity contribution in [1.29, 1.82) is 0 Å². The van der Waals surface area contributed by atoms with Crippen molar-refractivity contribution in [3.63, 3.8) is 0 Å². The van der Waals surface area contributed by atoms with E-state index in [2.05, 4.69) is 35.1 Å². The summed E-state index contributed by atoms with van der Waals surface area (Å²) < 4.78 is 1.07. The van der Waals surface area contributed by atoms with Gasteiger partial charge in [0, 0.05) is 10.2 Å². The molecule has 0 fully saturated rings. The SMILES string of the molecule is CCC(C)C(CO)Nc1ccc(Br)cc1. The van der Waals surface area contributed by atoms with Crippen LogP contribution < -0.4 is 5.32 Å². The molecular formula is C12H18BrNO. The lowest BCUT2D eigenvalue weighted by molar-refractivity contribution is 0.241. The third-order valence-electron chi connectivity index (χ3n) is 2.72. The number of halogens is 1. The lowest BCUT2D eigenvalue weighted by Crippen LogP contribution is -2.30. The van der Waals surface area contributed by atoms with Gasteiger partial charge in [-0.3, -0.25) is 0 Å². The summed E-state index contributed by atoms with van der Waals surface area (Å²) >= 11 is 3.39. The molecule has 0 radical (unpaired) electrons. The molecule has 2 unspecified atom stereocenters. The van der Waals surface area contributed by atoms with E-state index < -0.39 is 0 Å². The Morgan fingerprint density at radius 2 is 1.93 bits per heavy atom. The summed E-state index contributed by atoms with van der Waals surface area (Å²) in [5.74, 6) is 0.471. The summed E-state index contributed by atoms with van der Waals surface area (Å²) in [6.07, 6.45) is 1.06. The third-order valence-corrected chi connectivity index (χ3v) is 3.25. The maximum absolute atomic E-state index is 9.27. The van der Waals surface area contributed by atoms with Crippen molar-refractivity contribution in [2.45, 2.75) is 26.3 Å². The Labute approximate surface area is 99.8 Å². The normalized spacial score (nSPS) is 14.7. The summed E-state index contributed by atoms with van der Waals surface area (Å²) in [7, 11) is 0. The Morgan fingerprint density at radius 3 is 2.40 bits per heavy atom. The molecule has 3 heteroatoms. The van der Waals surface area contributed by atoms with Gasteiger partial charge in [-0.15, -0.1) is 0 Å². The summed E-state index contributed by atoms with van der Waals surface area (Å²) in [5.41, 5.74) is 1.05. The van der Waals surface area contributed by atoms with Crippen molar-refractivity contribution >= 4 is 21.6 Å². The number of aliphatic hydroxyl groups excluding tert-OH is 1. The van der Waals surface area contributed by atoms with Crippen LogP contribution in [0.2, 0.25) is 0 Å². The maximum atomic E-state index is 9.27. The molecular weight excluding hydrogens is 254 g/mol. The molecule has 2 atom stereocenters. The molecule has 0 aliphatic carbocycles. The zero-order valence-corrected chi connectivity index (χ0v) is 10.8. The molecule has 0 saturated carbocycles. The van der Waals surface area contributed by atoms with E-state index in [9.17, 15) is 5.11 Å². The molecule has 0 aliphatic rings. The van der Waals surface area contributed by atoms with E-state index in [1.807, 2.05) is 24.3 Å². The first-order valence-electron chi connectivity index (χ1n) is 5.30. The summed E-state index contributed by atoms with van der Waals surface area (Å²) in [5, 5.41) is 12.6. The lowest BCUT2D eigenvalue weighted by Gasteiger charge is -2.23. The van der Waals surface area contributed by atoms with Gasteiger partial charge < -0.3 is 10.4 Å². The Hall–Kier alpha value is -0.540. The van der Waals surface area contributed by atoms with Crippen molar-refractivity contribution in [3.8, 4) is 0 Å². The Bertz CT molecular complexity index is 286. The first kappa shape index (κ1) is 12.5. The van der Waals surface area contributed by atoms with Gasteiger partial charge in [-0.25, -0.2) is 0 Å². The number of aliphatic hydroxyl groups is 1. The van der Waals surface area contributed by atoms with Crippen LogP contribution in [0.3, 0.4) is 0 Å². The minimum atomic E-state index is 0.135. The highest BCUT2D eigenvalue weighted by Gasteiger charge is 2.13. The minimum absolute atomic E-state index is 0.135. The second-order valence-electron chi connectivity index (χ2n) is 3.83. The second-order valence-corrected chi connectivity index (χ2v) is 4.74. The van der Waals surface area contributed by atoms with Gasteiger partial charge in [0.25, 0.3) is 0 Å². The molecule has 2 N–H and O–H groups in total.